The SMILES string of the molecule is O=C(Nc1c2c(nn1-c1cccc(Cl)c1)CS(=O)(=O)C2)c1ccccc1SC(F)F. The van der Waals surface area contributed by atoms with Crippen molar-refractivity contribution in [3.8, 4) is 5.69 Å². The lowest BCUT2D eigenvalue weighted by atomic mass is 10.2. The van der Waals surface area contributed by atoms with Gasteiger partial charge in [0.2, 0.25) is 0 Å². The fourth-order valence-corrected chi connectivity index (χ4v) is 5.51. The second-order valence-corrected chi connectivity index (χ2v) is 10.1. The summed E-state index contributed by atoms with van der Waals surface area (Å²) in [4.78, 5) is 13.1. The highest BCUT2D eigenvalue weighted by molar-refractivity contribution is 7.99. The largest absolute Gasteiger partial charge is 0.306 e. The summed E-state index contributed by atoms with van der Waals surface area (Å²) in [6.45, 7) is 0. The minimum absolute atomic E-state index is 0.0521. The number of amides is 1. The van der Waals surface area contributed by atoms with E-state index in [1.165, 1.54) is 16.8 Å². The van der Waals surface area contributed by atoms with Crippen molar-refractivity contribution in [2.45, 2.75) is 22.2 Å². The Balaban J connectivity index is 1.77. The van der Waals surface area contributed by atoms with Gasteiger partial charge in [-0.2, -0.15) is 13.9 Å². The van der Waals surface area contributed by atoms with Crippen LogP contribution in [0.1, 0.15) is 21.6 Å². The summed E-state index contributed by atoms with van der Waals surface area (Å²) < 4.78 is 51.3. The molecule has 0 spiro atoms. The maximum atomic E-state index is 12.9. The van der Waals surface area contributed by atoms with Gasteiger partial charge in [-0.05, 0) is 30.3 Å². The van der Waals surface area contributed by atoms with Crippen LogP contribution in [-0.2, 0) is 21.3 Å². The third-order valence-corrected chi connectivity index (χ3v) is 6.89. The Labute approximate surface area is 180 Å². The molecule has 6 nitrogen and oxygen atoms in total. The van der Waals surface area contributed by atoms with E-state index in [1.807, 2.05) is 0 Å². The molecule has 0 saturated heterocycles. The van der Waals surface area contributed by atoms with E-state index in [2.05, 4.69) is 10.4 Å². The van der Waals surface area contributed by atoms with Gasteiger partial charge in [0.25, 0.3) is 11.7 Å². The molecular formula is C19H14ClF2N3O3S2. The number of fused-ring (bicyclic) bond motifs is 1. The number of halogens is 3. The summed E-state index contributed by atoms with van der Waals surface area (Å²) in [6.07, 6.45) is 0. The number of thioether (sulfide) groups is 1. The molecule has 0 fully saturated rings. The summed E-state index contributed by atoms with van der Waals surface area (Å²) in [5, 5.41) is 7.46. The number of benzene rings is 2. The van der Waals surface area contributed by atoms with Crippen molar-refractivity contribution in [3.05, 3.63) is 70.4 Å². The lowest BCUT2D eigenvalue weighted by Crippen LogP contribution is -2.17. The molecule has 0 saturated carbocycles. The van der Waals surface area contributed by atoms with Crippen LogP contribution in [0.3, 0.4) is 0 Å². The molecule has 1 aliphatic heterocycles. The molecule has 0 unspecified atom stereocenters. The van der Waals surface area contributed by atoms with Gasteiger partial charge in [-0.15, -0.1) is 0 Å². The number of anilines is 1. The number of carbonyl (C=O) groups is 1. The van der Waals surface area contributed by atoms with Gasteiger partial charge in [0, 0.05) is 15.5 Å². The molecule has 1 aliphatic rings. The van der Waals surface area contributed by atoms with Crippen LogP contribution in [0.4, 0.5) is 14.6 Å². The summed E-state index contributed by atoms with van der Waals surface area (Å²) in [5.41, 5.74) is 1.29. The zero-order chi connectivity index (χ0) is 21.5. The van der Waals surface area contributed by atoms with E-state index in [0.29, 0.717) is 22.0 Å². The number of nitrogens with zero attached hydrogens (tertiary/aromatic N) is 2. The third-order valence-electron chi connectivity index (χ3n) is 4.42. The number of sulfone groups is 1. The van der Waals surface area contributed by atoms with Gasteiger partial charge in [-0.3, -0.25) is 4.79 Å². The fraction of sp³-hybridized carbons (Fsp3) is 0.158. The predicted molar refractivity (Wildman–Crippen MR) is 111 cm³/mol. The van der Waals surface area contributed by atoms with Gasteiger partial charge in [0.05, 0.1) is 28.5 Å². The first kappa shape index (κ1) is 20.8. The first-order valence-electron chi connectivity index (χ1n) is 8.66. The van der Waals surface area contributed by atoms with Gasteiger partial charge in [-0.1, -0.05) is 41.6 Å². The average molecular weight is 470 g/mol. The van der Waals surface area contributed by atoms with Gasteiger partial charge < -0.3 is 5.32 Å². The van der Waals surface area contributed by atoms with Crippen LogP contribution >= 0.6 is 23.4 Å². The number of alkyl halides is 2. The molecule has 2 heterocycles. The monoisotopic (exact) mass is 469 g/mol. The Morgan fingerprint density at radius 1 is 1.17 bits per heavy atom. The van der Waals surface area contributed by atoms with Gasteiger partial charge >= 0.3 is 0 Å². The Bertz CT molecular complexity index is 1250. The average Bonchev–Trinajstić information content (AvgIpc) is 3.14. The Morgan fingerprint density at radius 3 is 2.67 bits per heavy atom. The molecule has 3 aromatic rings. The molecule has 11 heteroatoms. The van der Waals surface area contributed by atoms with Crippen molar-refractivity contribution in [3.63, 3.8) is 0 Å². The van der Waals surface area contributed by atoms with E-state index in [0.717, 1.165) is 0 Å². The van der Waals surface area contributed by atoms with Crippen LogP contribution in [0.5, 0.6) is 0 Å². The van der Waals surface area contributed by atoms with E-state index in [-0.39, 0.29) is 39.5 Å². The first-order chi connectivity index (χ1) is 14.2. The van der Waals surface area contributed by atoms with Gasteiger partial charge in [0.15, 0.2) is 9.84 Å². The Kier molecular flexibility index (Phi) is 5.56. The zero-order valence-corrected chi connectivity index (χ0v) is 17.6. The number of aromatic nitrogens is 2. The topological polar surface area (TPSA) is 81.1 Å². The minimum Gasteiger partial charge on any atom is -0.306 e. The highest BCUT2D eigenvalue weighted by Gasteiger charge is 2.33. The maximum absolute atomic E-state index is 12.9. The van der Waals surface area contributed by atoms with E-state index in [1.54, 1.807) is 36.4 Å². The van der Waals surface area contributed by atoms with Crippen molar-refractivity contribution in [1.29, 1.82) is 0 Å². The maximum Gasteiger partial charge on any atom is 0.288 e. The molecular weight excluding hydrogens is 456 g/mol. The Morgan fingerprint density at radius 2 is 1.93 bits per heavy atom. The van der Waals surface area contributed by atoms with E-state index >= 15 is 0 Å². The van der Waals surface area contributed by atoms with Crippen molar-refractivity contribution in [2.75, 3.05) is 5.32 Å². The zero-order valence-electron chi connectivity index (χ0n) is 15.2. The van der Waals surface area contributed by atoms with Crippen LogP contribution in [0, 0.1) is 0 Å². The smallest absolute Gasteiger partial charge is 0.288 e. The highest BCUT2D eigenvalue weighted by Crippen LogP contribution is 2.34. The lowest BCUT2D eigenvalue weighted by molar-refractivity contribution is 0.102. The lowest BCUT2D eigenvalue weighted by Gasteiger charge is -2.13. The second-order valence-electron chi connectivity index (χ2n) is 6.53. The Hall–Kier alpha value is -2.43. The highest BCUT2D eigenvalue weighted by atomic mass is 35.5. The molecule has 4 rings (SSSR count). The van der Waals surface area contributed by atoms with E-state index in [9.17, 15) is 22.0 Å². The summed E-state index contributed by atoms with van der Waals surface area (Å²) in [5.74, 6) is -3.67. The standard InChI is InChI=1S/C19H14ClF2N3O3S2/c20-11-4-3-5-12(8-11)25-17(14-9-30(27,28)10-15(14)24-25)23-18(26)13-6-1-2-7-16(13)29-19(21)22/h1-8,19H,9-10H2,(H,23,26). The van der Waals surface area contributed by atoms with Gasteiger partial charge in [0.1, 0.15) is 5.82 Å². The molecule has 0 aliphatic carbocycles. The number of carbonyl (C=O) groups excluding carboxylic acids is 1. The van der Waals surface area contributed by atoms with Crippen LogP contribution < -0.4 is 5.32 Å². The second kappa shape index (κ2) is 8.01. The number of hydrogen-bond acceptors (Lipinski definition) is 5. The quantitative estimate of drug-likeness (QED) is 0.555. The predicted octanol–water partition coefficient (Wildman–Crippen LogP) is 4.52. The van der Waals surface area contributed by atoms with Crippen molar-refractivity contribution in [2.24, 2.45) is 0 Å². The molecule has 1 aromatic heterocycles. The van der Waals surface area contributed by atoms with E-state index < -0.39 is 21.5 Å². The van der Waals surface area contributed by atoms with Crippen molar-refractivity contribution in [1.82, 2.24) is 9.78 Å². The fourth-order valence-electron chi connectivity index (χ4n) is 3.19. The van der Waals surface area contributed by atoms with Crippen LogP contribution in [0.2, 0.25) is 5.02 Å². The summed E-state index contributed by atoms with van der Waals surface area (Å²) in [7, 11) is -3.37. The number of nitrogens with one attached hydrogen (secondary N) is 1. The molecule has 1 N–H and O–H groups in total. The van der Waals surface area contributed by atoms with Crippen LogP contribution in [-0.4, -0.2) is 29.9 Å². The molecule has 1 amide bonds. The number of rotatable bonds is 5. The van der Waals surface area contributed by atoms with Gasteiger partial charge in [-0.25, -0.2) is 13.1 Å². The summed E-state index contributed by atoms with van der Waals surface area (Å²) in [6, 6.07) is 12.7. The van der Waals surface area contributed by atoms with Crippen LogP contribution in [0.15, 0.2) is 53.4 Å². The molecule has 0 radical (unpaired) electrons. The van der Waals surface area contributed by atoms with E-state index in [4.69, 9.17) is 11.6 Å². The molecule has 30 heavy (non-hydrogen) atoms. The van der Waals surface area contributed by atoms with Crippen molar-refractivity contribution < 1.29 is 22.0 Å². The molecule has 2 aromatic carbocycles. The normalized spacial score (nSPS) is 14.7. The first-order valence-corrected chi connectivity index (χ1v) is 11.7. The van der Waals surface area contributed by atoms with Crippen molar-refractivity contribution >= 4 is 44.9 Å². The molecule has 0 bridgehead atoms. The molecule has 156 valence electrons. The number of hydrogen-bond donors (Lipinski definition) is 1. The summed E-state index contributed by atoms with van der Waals surface area (Å²) >= 11 is 6.32. The molecule has 0 atom stereocenters. The van der Waals surface area contributed by atoms with Crippen LogP contribution in [0.25, 0.3) is 5.69 Å². The minimum atomic E-state index is -3.37. The third kappa shape index (κ3) is 4.21.